The topological polar surface area (TPSA) is 77.2 Å². The first-order valence-electron chi connectivity index (χ1n) is 6.69. The number of rotatable bonds is 1. The summed E-state index contributed by atoms with van der Waals surface area (Å²) in [7, 11) is 1.97. The predicted molar refractivity (Wildman–Crippen MR) is 75.1 cm³/mol. The highest BCUT2D eigenvalue weighted by Crippen LogP contribution is 2.38. The molecule has 1 aliphatic heterocycles. The molecule has 0 saturated carbocycles. The number of benzene rings is 1. The second-order valence-corrected chi connectivity index (χ2v) is 5.06. The third kappa shape index (κ3) is 1.81. The van der Waals surface area contributed by atoms with Gasteiger partial charge in [0.25, 0.3) is 5.88 Å². The van der Waals surface area contributed by atoms with Gasteiger partial charge in [-0.2, -0.15) is 9.97 Å². The monoisotopic (exact) mass is 283 g/mol. The predicted octanol–water partition coefficient (Wildman–Crippen LogP) is 1.97. The van der Waals surface area contributed by atoms with Crippen LogP contribution >= 0.6 is 0 Å². The van der Waals surface area contributed by atoms with Gasteiger partial charge in [0.15, 0.2) is 5.82 Å². The van der Waals surface area contributed by atoms with Crippen LogP contribution in [0.4, 0.5) is 5.82 Å². The molecule has 0 saturated heterocycles. The van der Waals surface area contributed by atoms with Gasteiger partial charge in [-0.15, -0.1) is 0 Å². The normalized spacial score (nSPS) is 21.1. The van der Waals surface area contributed by atoms with Crippen molar-refractivity contribution in [3.05, 3.63) is 35.9 Å². The van der Waals surface area contributed by atoms with Gasteiger partial charge in [-0.1, -0.05) is 30.3 Å². The molecule has 2 atom stereocenters. The van der Waals surface area contributed by atoms with E-state index >= 15 is 0 Å². The van der Waals surface area contributed by atoms with E-state index in [1.807, 2.05) is 42.3 Å². The average Bonchev–Trinajstić information content (AvgIpc) is 2.97. The molecule has 0 amide bonds. The molecule has 0 spiro atoms. The standard InChI is InChI=1S/C14H13N5O2/c1-8-10(9-6-4-3-5-7-9)20-14-13(19(8)2)15-11-12(16-14)18-21-17-11/h3-8,10H,1-2H3/t8-,10+/m1/s1. The van der Waals surface area contributed by atoms with Crippen LogP contribution in [-0.4, -0.2) is 33.4 Å². The highest BCUT2D eigenvalue weighted by atomic mass is 16.6. The number of hydrogen-bond donors (Lipinski definition) is 0. The first-order valence-corrected chi connectivity index (χ1v) is 6.69. The molecule has 7 heteroatoms. The van der Waals surface area contributed by atoms with E-state index < -0.39 is 0 Å². The van der Waals surface area contributed by atoms with Crippen LogP contribution in [0.2, 0.25) is 0 Å². The van der Waals surface area contributed by atoms with Crippen LogP contribution in [0.5, 0.6) is 5.88 Å². The van der Waals surface area contributed by atoms with E-state index in [2.05, 4.69) is 31.8 Å². The summed E-state index contributed by atoms with van der Waals surface area (Å²) in [5.74, 6) is 1.10. The van der Waals surface area contributed by atoms with Crippen molar-refractivity contribution in [2.75, 3.05) is 11.9 Å². The number of anilines is 1. The Hall–Kier alpha value is -2.70. The highest BCUT2D eigenvalue weighted by Gasteiger charge is 2.34. The van der Waals surface area contributed by atoms with Crippen LogP contribution in [0.3, 0.4) is 0 Å². The Morgan fingerprint density at radius 2 is 1.76 bits per heavy atom. The first kappa shape index (κ1) is 12.1. The van der Waals surface area contributed by atoms with E-state index in [1.165, 1.54) is 0 Å². The van der Waals surface area contributed by atoms with Gasteiger partial charge in [0.2, 0.25) is 11.3 Å². The summed E-state index contributed by atoms with van der Waals surface area (Å²) in [6.07, 6.45) is -0.115. The minimum Gasteiger partial charge on any atom is -0.465 e. The quantitative estimate of drug-likeness (QED) is 0.675. The maximum Gasteiger partial charge on any atom is 0.260 e. The fourth-order valence-corrected chi connectivity index (χ4v) is 2.53. The van der Waals surface area contributed by atoms with Gasteiger partial charge in [0, 0.05) is 7.05 Å². The molecule has 0 radical (unpaired) electrons. The van der Waals surface area contributed by atoms with Gasteiger partial charge in [0.1, 0.15) is 6.10 Å². The van der Waals surface area contributed by atoms with Crippen LogP contribution in [0.1, 0.15) is 18.6 Å². The third-order valence-corrected chi connectivity index (χ3v) is 3.81. The lowest BCUT2D eigenvalue weighted by molar-refractivity contribution is 0.154. The van der Waals surface area contributed by atoms with Gasteiger partial charge in [-0.3, -0.25) is 0 Å². The summed E-state index contributed by atoms with van der Waals surface area (Å²) in [6.45, 7) is 2.09. The third-order valence-electron chi connectivity index (χ3n) is 3.81. The molecule has 1 aliphatic rings. The molecule has 4 rings (SSSR count). The van der Waals surface area contributed by atoms with Crippen molar-refractivity contribution in [3.8, 4) is 5.88 Å². The number of fused-ring (bicyclic) bond motifs is 2. The molecule has 21 heavy (non-hydrogen) atoms. The van der Waals surface area contributed by atoms with Crippen LogP contribution < -0.4 is 9.64 Å². The van der Waals surface area contributed by atoms with E-state index in [0.717, 1.165) is 5.56 Å². The van der Waals surface area contributed by atoms with E-state index in [-0.39, 0.29) is 12.1 Å². The van der Waals surface area contributed by atoms with Gasteiger partial charge >= 0.3 is 0 Å². The van der Waals surface area contributed by atoms with E-state index in [0.29, 0.717) is 23.0 Å². The zero-order valence-corrected chi connectivity index (χ0v) is 11.6. The Labute approximate surface area is 120 Å². The molecule has 106 valence electrons. The Bertz CT molecular complexity index is 788. The Morgan fingerprint density at radius 1 is 1.05 bits per heavy atom. The average molecular weight is 283 g/mol. The van der Waals surface area contributed by atoms with Crippen LogP contribution in [0.15, 0.2) is 35.0 Å². The van der Waals surface area contributed by atoms with E-state index in [9.17, 15) is 0 Å². The van der Waals surface area contributed by atoms with Crippen molar-refractivity contribution in [2.24, 2.45) is 0 Å². The molecule has 2 aromatic heterocycles. The summed E-state index contributed by atoms with van der Waals surface area (Å²) < 4.78 is 10.7. The van der Waals surface area contributed by atoms with Crippen molar-refractivity contribution < 1.29 is 9.37 Å². The molecule has 0 bridgehead atoms. The van der Waals surface area contributed by atoms with Gasteiger partial charge in [-0.05, 0) is 22.8 Å². The molecule has 7 nitrogen and oxygen atoms in total. The zero-order chi connectivity index (χ0) is 14.4. The fourth-order valence-electron chi connectivity index (χ4n) is 2.53. The van der Waals surface area contributed by atoms with E-state index in [4.69, 9.17) is 4.74 Å². The van der Waals surface area contributed by atoms with Crippen molar-refractivity contribution in [3.63, 3.8) is 0 Å². The SMILES string of the molecule is C[C@@H]1[C@@H](c2ccccc2)Oc2nc3nonc3nc2N1C. The van der Waals surface area contributed by atoms with Gasteiger partial charge < -0.3 is 9.64 Å². The van der Waals surface area contributed by atoms with Crippen molar-refractivity contribution in [2.45, 2.75) is 19.1 Å². The lowest BCUT2D eigenvalue weighted by atomic mass is 10.0. The molecule has 3 aromatic rings. The molecule has 0 unspecified atom stereocenters. The fraction of sp³-hybridized carbons (Fsp3) is 0.286. The molecule has 3 heterocycles. The van der Waals surface area contributed by atoms with Gasteiger partial charge in [0.05, 0.1) is 6.04 Å². The molecule has 0 aliphatic carbocycles. The number of hydrogen-bond acceptors (Lipinski definition) is 7. The number of aromatic nitrogens is 4. The van der Waals surface area contributed by atoms with Crippen LogP contribution in [0.25, 0.3) is 11.3 Å². The largest absolute Gasteiger partial charge is 0.465 e. The Balaban J connectivity index is 1.82. The summed E-state index contributed by atoms with van der Waals surface area (Å²) in [4.78, 5) is 10.8. The number of nitrogens with zero attached hydrogens (tertiary/aromatic N) is 5. The smallest absolute Gasteiger partial charge is 0.260 e. The summed E-state index contributed by atoms with van der Waals surface area (Å²) in [6, 6.07) is 10.2. The second kappa shape index (κ2) is 4.41. The minimum absolute atomic E-state index is 0.115. The van der Waals surface area contributed by atoms with E-state index in [1.54, 1.807) is 0 Å². The number of likely N-dealkylation sites (N-methyl/N-ethyl adjacent to an activating group) is 1. The maximum atomic E-state index is 6.05. The van der Waals surface area contributed by atoms with Crippen LogP contribution in [-0.2, 0) is 0 Å². The molecular formula is C14H13N5O2. The minimum atomic E-state index is -0.115. The number of ether oxygens (including phenoxy) is 1. The summed E-state index contributed by atoms with van der Waals surface area (Å²) >= 11 is 0. The Morgan fingerprint density at radius 3 is 2.52 bits per heavy atom. The summed E-state index contributed by atoms with van der Waals surface area (Å²) in [5, 5.41) is 7.43. The molecule has 0 N–H and O–H groups in total. The van der Waals surface area contributed by atoms with Crippen molar-refractivity contribution in [1.82, 2.24) is 20.3 Å². The van der Waals surface area contributed by atoms with Crippen molar-refractivity contribution >= 4 is 17.1 Å². The van der Waals surface area contributed by atoms with Crippen LogP contribution in [0, 0.1) is 0 Å². The molecule has 1 aromatic carbocycles. The lowest BCUT2D eigenvalue weighted by Crippen LogP contribution is -2.41. The van der Waals surface area contributed by atoms with Crippen molar-refractivity contribution in [1.29, 1.82) is 0 Å². The summed E-state index contributed by atoms with van der Waals surface area (Å²) in [5.41, 5.74) is 1.83. The first-order chi connectivity index (χ1) is 10.2. The lowest BCUT2D eigenvalue weighted by Gasteiger charge is -2.37. The molecule has 0 fully saturated rings. The maximum absolute atomic E-state index is 6.05. The highest BCUT2D eigenvalue weighted by molar-refractivity contribution is 5.69. The van der Waals surface area contributed by atoms with Gasteiger partial charge in [-0.25, -0.2) is 4.63 Å². The molecular weight excluding hydrogens is 270 g/mol. The second-order valence-electron chi connectivity index (χ2n) is 5.06. The Kier molecular flexibility index (Phi) is 2.53. The zero-order valence-electron chi connectivity index (χ0n) is 11.6.